The quantitative estimate of drug-likeness (QED) is 0.694. The van der Waals surface area contributed by atoms with Crippen LogP contribution in [0, 0.1) is 11.3 Å². The molecule has 2 aromatic rings. The van der Waals surface area contributed by atoms with Gasteiger partial charge in [0.1, 0.15) is 6.61 Å². The fourth-order valence-electron chi connectivity index (χ4n) is 1.29. The number of nitriles is 1. The van der Waals surface area contributed by atoms with Gasteiger partial charge >= 0.3 is 0 Å². The Kier molecular flexibility index (Phi) is 2.37. The third kappa shape index (κ3) is 1.55. The molecule has 14 heavy (non-hydrogen) atoms. The zero-order valence-electron chi connectivity index (χ0n) is 7.56. The summed E-state index contributed by atoms with van der Waals surface area (Å²) >= 11 is 0. The Morgan fingerprint density at radius 2 is 2.29 bits per heavy atom. The van der Waals surface area contributed by atoms with Crippen molar-refractivity contribution >= 4 is 11.0 Å². The number of benzene rings is 1. The number of ether oxygens (including phenoxy) is 1. The molecule has 1 aromatic heterocycles. The monoisotopic (exact) mass is 187 g/mol. The van der Waals surface area contributed by atoms with Gasteiger partial charge < -0.3 is 9.15 Å². The van der Waals surface area contributed by atoms with Gasteiger partial charge in [-0.1, -0.05) is 12.1 Å². The van der Waals surface area contributed by atoms with E-state index in [9.17, 15) is 0 Å². The van der Waals surface area contributed by atoms with E-state index in [1.165, 1.54) is 0 Å². The number of nitrogens with zero attached hydrogens (tertiary/aromatic N) is 1. The first-order valence-electron chi connectivity index (χ1n) is 4.38. The van der Waals surface area contributed by atoms with Crippen LogP contribution in [0.3, 0.4) is 0 Å². The number of para-hydroxylation sites is 1. The third-order valence-corrected chi connectivity index (χ3v) is 1.91. The summed E-state index contributed by atoms with van der Waals surface area (Å²) < 4.78 is 10.7. The molecule has 0 aliphatic heterocycles. The highest BCUT2D eigenvalue weighted by atomic mass is 16.5. The minimum absolute atomic E-state index is 0.386. The van der Waals surface area contributed by atoms with E-state index in [0.29, 0.717) is 18.8 Å². The maximum Gasteiger partial charge on any atom is 0.175 e. The maximum atomic E-state index is 8.36. The number of fused-ring (bicyclic) bond motifs is 1. The van der Waals surface area contributed by atoms with Crippen molar-refractivity contribution < 1.29 is 9.15 Å². The van der Waals surface area contributed by atoms with Crippen LogP contribution in [0.1, 0.15) is 6.42 Å². The van der Waals surface area contributed by atoms with Crippen LogP contribution in [0.15, 0.2) is 34.9 Å². The smallest absolute Gasteiger partial charge is 0.175 e. The largest absolute Gasteiger partial charge is 0.489 e. The highest BCUT2D eigenvalue weighted by Gasteiger charge is 2.03. The first kappa shape index (κ1) is 8.64. The van der Waals surface area contributed by atoms with E-state index in [1.807, 2.05) is 30.3 Å². The minimum Gasteiger partial charge on any atom is -0.489 e. The second-order valence-electron chi connectivity index (χ2n) is 2.85. The van der Waals surface area contributed by atoms with Gasteiger partial charge in [0, 0.05) is 5.39 Å². The molecule has 0 amide bonds. The van der Waals surface area contributed by atoms with Crippen molar-refractivity contribution in [2.45, 2.75) is 6.42 Å². The lowest BCUT2D eigenvalue weighted by Gasteiger charge is -2.03. The average molecular weight is 187 g/mol. The maximum absolute atomic E-state index is 8.36. The molecule has 2 rings (SSSR count). The number of furan rings is 1. The van der Waals surface area contributed by atoms with Crippen molar-refractivity contribution in [2.24, 2.45) is 0 Å². The Labute approximate surface area is 81.5 Å². The van der Waals surface area contributed by atoms with Crippen molar-refractivity contribution in [3.05, 3.63) is 30.5 Å². The molecule has 0 atom stereocenters. The SMILES string of the molecule is N#CCCOc1cccc2ccoc12. The summed E-state index contributed by atoms with van der Waals surface area (Å²) in [6.07, 6.45) is 2.01. The summed E-state index contributed by atoms with van der Waals surface area (Å²) in [6.45, 7) is 0.399. The van der Waals surface area contributed by atoms with E-state index >= 15 is 0 Å². The first-order valence-corrected chi connectivity index (χ1v) is 4.38. The molecule has 70 valence electrons. The van der Waals surface area contributed by atoms with Crippen LogP contribution >= 0.6 is 0 Å². The van der Waals surface area contributed by atoms with Crippen molar-refractivity contribution in [1.82, 2.24) is 0 Å². The number of hydrogen-bond acceptors (Lipinski definition) is 3. The lowest BCUT2D eigenvalue weighted by atomic mass is 10.2. The standard InChI is InChI=1S/C11H9NO2/c12-6-2-7-13-10-4-1-3-9-5-8-14-11(9)10/h1,3-5,8H,2,7H2. The van der Waals surface area contributed by atoms with Crippen molar-refractivity contribution in [3.63, 3.8) is 0 Å². The molecule has 0 aliphatic rings. The molecular weight excluding hydrogens is 178 g/mol. The summed E-state index contributed by atoms with van der Waals surface area (Å²) in [5.41, 5.74) is 0.741. The van der Waals surface area contributed by atoms with Crippen molar-refractivity contribution in [3.8, 4) is 11.8 Å². The van der Waals surface area contributed by atoms with E-state index in [0.717, 1.165) is 11.0 Å². The molecule has 3 nitrogen and oxygen atoms in total. The van der Waals surface area contributed by atoms with Gasteiger partial charge in [-0.25, -0.2) is 0 Å². The molecule has 0 unspecified atom stereocenters. The first-order chi connectivity index (χ1) is 6.92. The van der Waals surface area contributed by atoms with Gasteiger partial charge in [-0.05, 0) is 12.1 Å². The van der Waals surface area contributed by atoms with E-state index in [4.69, 9.17) is 14.4 Å². The topological polar surface area (TPSA) is 46.2 Å². The number of rotatable bonds is 3. The zero-order valence-corrected chi connectivity index (χ0v) is 7.56. The lowest BCUT2D eigenvalue weighted by molar-refractivity contribution is 0.325. The molecule has 1 heterocycles. The van der Waals surface area contributed by atoms with Gasteiger partial charge in [-0.3, -0.25) is 0 Å². The molecule has 0 radical (unpaired) electrons. The average Bonchev–Trinajstić information content (AvgIpc) is 2.67. The highest BCUT2D eigenvalue weighted by molar-refractivity contribution is 5.82. The van der Waals surface area contributed by atoms with Gasteiger partial charge in [-0.15, -0.1) is 0 Å². The Morgan fingerprint density at radius 1 is 1.36 bits per heavy atom. The van der Waals surface area contributed by atoms with Crippen LogP contribution in [0.25, 0.3) is 11.0 Å². The minimum atomic E-state index is 0.386. The normalized spacial score (nSPS) is 9.93. The molecule has 1 aromatic carbocycles. The molecule has 0 fully saturated rings. The molecule has 3 heteroatoms. The third-order valence-electron chi connectivity index (χ3n) is 1.91. The van der Waals surface area contributed by atoms with E-state index in [2.05, 4.69) is 0 Å². The predicted molar refractivity (Wildman–Crippen MR) is 51.9 cm³/mol. The van der Waals surface area contributed by atoms with Crippen LogP contribution in [-0.4, -0.2) is 6.61 Å². The Hall–Kier alpha value is -1.95. The number of hydrogen-bond donors (Lipinski definition) is 0. The van der Waals surface area contributed by atoms with Gasteiger partial charge in [0.05, 0.1) is 18.8 Å². The van der Waals surface area contributed by atoms with E-state index in [-0.39, 0.29) is 0 Å². The van der Waals surface area contributed by atoms with E-state index in [1.54, 1.807) is 6.26 Å². The molecule has 0 N–H and O–H groups in total. The fraction of sp³-hybridized carbons (Fsp3) is 0.182. The summed E-state index contributed by atoms with van der Waals surface area (Å²) in [5.74, 6) is 0.697. The van der Waals surface area contributed by atoms with Crippen LogP contribution < -0.4 is 4.74 Å². The van der Waals surface area contributed by atoms with E-state index < -0.39 is 0 Å². The van der Waals surface area contributed by atoms with Crippen molar-refractivity contribution in [2.75, 3.05) is 6.61 Å². The molecule has 0 saturated carbocycles. The Bertz CT molecular complexity index is 467. The predicted octanol–water partition coefficient (Wildman–Crippen LogP) is 2.73. The summed E-state index contributed by atoms with van der Waals surface area (Å²) in [7, 11) is 0. The van der Waals surface area contributed by atoms with Gasteiger partial charge in [0.25, 0.3) is 0 Å². The van der Waals surface area contributed by atoms with Crippen molar-refractivity contribution in [1.29, 1.82) is 5.26 Å². The lowest BCUT2D eigenvalue weighted by Crippen LogP contribution is -1.95. The summed E-state index contributed by atoms with van der Waals surface area (Å²) in [5, 5.41) is 9.38. The molecule has 0 saturated heterocycles. The second-order valence-corrected chi connectivity index (χ2v) is 2.85. The Morgan fingerprint density at radius 3 is 3.14 bits per heavy atom. The summed E-state index contributed by atoms with van der Waals surface area (Å²) in [4.78, 5) is 0. The molecule has 0 aliphatic carbocycles. The van der Waals surface area contributed by atoms with Crippen LogP contribution in [0.4, 0.5) is 0 Å². The molecular formula is C11H9NO2. The van der Waals surface area contributed by atoms with Crippen LogP contribution in [0.2, 0.25) is 0 Å². The van der Waals surface area contributed by atoms with Crippen LogP contribution in [-0.2, 0) is 0 Å². The zero-order chi connectivity index (χ0) is 9.80. The van der Waals surface area contributed by atoms with Gasteiger partial charge in [-0.2, -0.15) is 5.26 Å². The van der Waals surface area contributed by atoms with Crippen LogP contribution in [0.5, 0.6) is 5.75 Å². The van der Waals surface area contributed by atoms with Gasteiger partial charge in [0.2, 0.25) is 0 Å². The summed E-state index contributed by atoms with van der Waals surface area (Å²) in [6, 6.07) is 9.60. The molecule has 0 spiro atoms. The Balaban J connectivity index is 2.24. The van der Waals surface area contributed by atoms with Gasteiger partial charge in [0.15, 0.2) is 11.3 Å². The second kappa shape index (κ2) is 3.84. The molecule has 0 bridgehead atoms. The fourth-order valence-corrected chi connectivity index (χ4v) is 1.29. The highest BCUT2D eigenvalue weighted by Crippen LogP contribution is 2.26.